The first-order valence-corrected chi connectivity index (χ1v) is 14.9. The number of benzene rings is 2. The van der Waals surface area contributed by atoms with E-state index in [-0.39, 0.29) is 25.0 Å². The highest BCUT2D eigenvalue weighted by atomic mass is 19.4. The second-order valence-electron chi connectivity index (χ2n) is 13.2. The Morgan fingerprint density at radius 2 is 1.72 bits per heavy atom. The summed E-state index contributed by atoms with van der Waals surface area (Å²) in [7, 11) is 1.72. The first-order chi connectivity index (χ1) is 21.8. The average Bonchev–Trinajstić information content (AvgIpc) is 3.54. The van der Waals surface area contributed by atoms with E-state index in [1.807, 2.05) is 13.0 Å². The van der Waals surface area contributed by atoms with Gasteiger partial charge in [0.05, 0.1) is 28.9 Å². The summed E-state index contributed by atoms with van der Waals surface area (Å²) < 4.78 is 47.8. The second kappa shape index (κ2) is 11.9. The van der Waals surface area contributed by atoms with Gasteiger partial charge in [-0.15, -0.1) is 0 Å². The molecule has 2 aromatic carbocycles. The number of alkyl carbamates (subject to hydrolysis) is 1. The summed E-state index contributed by atoms with van der Waals surface area (Å²) in [5.41, 5.74) is 0.283. The van der Waals surface area contributed by atoms with Crippen LogP contribution >= 0.6 is 0 Å². The fraction of sp³-hybridized carbons (Fsp3) is 0.406. The van der Waals surface area contributed by atoms with Crippen LogP contribution in [0.3, 0.4) is 0 Å². The topological polar surface area (TPSA) is 135 Å². The number of amides is 4. The quantitative estimate of drug-likeness (QED) is 0.230. The third-order valence-electron chi connectivity index (χ3n) is 7.53. The SMILES string of the molecule is C[C@H]1CN(c2ccc(C(F)(F)F)cc2)C(=O)c2c(-c3ccc4c(NC(=O)NC(C)(C)CNC(=O)OC(C)(C)C)nn(C)c4c3)cnn21. The number of alkyl halides is 3. The monoisotopic (exact) mass is 654 g/mol. The van der Waals surface area contributed by atoms with E-state index in [1.165, 1.54) is 17.0 Å². The number of urea groups is 1. The molecule has 0 radical (unpaired) electrons. The standard InChI is InChI=1S/C32H37F3N8O4/c1-18-16-42(21-11-9-20(10-12-21)32(33,34)35)27(44)25-23(15-37-43(18)25)19-8-13-22-24(14-19)41(7)40-26(22)38-28(45)39-31(5,6)17-36-29(46)47-30(2,3)4/h8-15,18H,16-17H2,1-7H3,(H,36,46)(H2,38,39,40,45)/t18-/m0/s1. The van der Waals surface area contributed by atoms with E-state index in [0.29, 0.717) is 39.2 Å². The van der Waals surface area contributed by atoms with Crippen LogP contribution in [0.1, 0.15) is 63.6 Å². The molecule has 2 aromatic heterocycles. The van der Waals surface area contributed by atoms with E-state index in [2.05, 4.69) is 26.1 Å². The van der Waals surface area contributed by atoms with Crippen molar-refractivity contribution in [2.24, 2.45) is 7.05 Å². The predicted octanol–water partition coefficient (Wildman–Crippen LogP) is 6.10. The van der Waals surface area contributed by atoms with E-state index in [4.69, 9.17) is 4.74 Å². The Morgan fingerprint density at radius 3 is 2.36 bits per heavy atom. The molecule has 3 N–H and O–H groups in total. The minimum atomic E-state index is -4.48. The number of halogens is 3. The van der Waals surface area contributed by atoms with Crippen molar-refractivity contribution in [3.63, 3.8) is 0 Å². The van der Waals surface area contributed by atoms with Crippen LogP contribution in [0, 0.1) is 0 Å². The Balaban J connectivity index is 1.34. The second-order valence-corrected chi connectivity index (χ2v) is 13.2. The molecule has 1 atom stereocenters. The Bertz CT molecular complexity index is 1840. The molecule has 47 heavy (non-hydrogen) atoms. The fourth-order valence-corrected chi connectivity index (χ4v) is 5.34. The van der Waals surface area contributed by atoms with Gasteiger partial charge in [0.2, 0.25) is 0 Å². The van der Waals surface area contributed by atoms with Crippen molar-refractivity contribution in [3.8, 4) is 11.1 Å². The molecule has 250 valence electrons. The van der Waals surface area contributed by atoms with Gasteiger partial charge >= 0.3 is 18.3 Å². The van der Waals surface area contributed by atoms with Crippen molar-refractivity contribution in [3.05, 3.63) is 59.9 Å². The summed E-state index contributed by atoms with van der Waals surface area (Å²) in [6.45, 7) is 11.0. The minimum absolute atomic E-state index is 0.116. The summed E-state index contributed by atoms with van der Waals surface area (Å²) in [4.78, 5) is 40.2. The number of rotatable bonds is 6. The Labute approximate surface area is 269 Å². The van der Waals surface area contributed by atoms with E-state index in [1.54, 1.807) is 69.4 Å². The van der Waals surface area contributed by atoms with Gasteiger partial charge in [-0.2, -0.15) is 23.4 Å². The van der Waals surface area contributed by atoms with Crippen LogP contribution in [0.4, 0.5) is 34.3 Å². The number of fused-ring (bicyclic) bond motifs is 2. The average molecular weight is 655 g/mol. The number of nitrogens with one attached hydrogen (secondary N) is 3. The summed E-state index contributed by atoms with van der Waals surface area (Å²) in [5, 5.41) is 17.8. The van der Waals surface area contributed by atoms with Crippen molar-refractivity contribution in [2.75, 3.05) is 23.3 Å². The van der Waals surface area contributed by atoms with Gasteiger partial charge in [0.25, 0.3) is 5.91 Å². The molecule has 0 fully saturated rings. The third kappa shape index (κ3) is 7.18. The van der Waals surface area contributed by atoms with Gasteiger partial charge in [-0.3, -0.25) is 19.5 Å². The highest BCUT2D eigenvalue weighted by Crippen LogP contribution is 2.36. The zero-order valence-electron chi connectivity index (χ0n) is 27.1. The van der Waals surface area contributed by atoms with Gasteiger partial charge in [-0.25, -0.2) is 9.59 Å². The number of carbonyl (C=O) groups excluding carboxylic acids is 3. The Morgan fingerprint density at radius 1 is 1.04 bits per heavy atom. The lowest BCUT2D eigenvalue weighted by molar-refractivity contribution is -0.137. The number of anilines is 2. The smallest absolute Gasteiger partial charge is 0.416 e. The number of aromatic nitrogens is 4. The lowest BCUT2D eigenvalue weighted by Gasteiger charge is -2.32. The van der Waals surface area contributed by atoms with Crippen LogP contribution in [0.25, 0.3) is 22.0 Å². The number of ether oxygens (including phenoxy) is 1. The van der Waals surface area contributed by atoms with Gasteiger partial charge in [0, 0.05) is 36.8 Å². The lowest BCUT2D eigenvalue weighted by Crippen LogP contribution is -2.53. The maximum absolute atomic E-state index is 13.8. The molecule has 0 saturated heterocycles. The summed E-state index contributed by atoms with van der Waals surface area (Å²) >= 11 is 0. The number of nitrogens with zero attached hydrogens (tertiary/aromatic N) is 5. The van der Waals surface area contributed by atoms with Gasteiger partial charge in [0.1, 0.15) is 11.3 Å². The third-order valence-corrected chi connectivity index (χ3v) is 7.53. The van der Waals surface area contributed by atoms with E-state index in [9.17, 15) is 27.6 Å². The molecule has 0 spiro atoms. The van der Waals surface area contributed by atoms with Gasteiger partial charge < -0.3 is 20.3 Å². The Hall–Kier alpha value is -5.08. The number of hydrogen-bond acceptors (Lipinski definition) is 6. The summed E-state index contributed by atoms with van der Waals surface area (Å²) in [6.07, 6.45) is -3.48. The van der Waals surface area contributed by atoms with E-state index in [0.717, 1.165) is 12.1 Å². The zero-order chi connectivity index (χ0) is 34.5. The van der Waals surface area contributed by atoms with Crippen molar-refractivity contribution < 1.29 is 32.3 Å². The molecule has 15 heteroatoms. The molecule has 5 rings (SSSR count). The van der Waals surface area contributed by atoms with Crippen LogP contribution in [-0.4, -0.2) is 61.8 Å². The summed E-state index contributed by atoms with van der Waals surface area (Å²) in [6, 6.07) is 9.14. The molecule has 0 bridgehead atoms. The van der Waals surface area contributed by atoms with Gasteiger partial charge in [0.15, 0.2) is 5.82 Å². The van der Waals surface area contributed by atoms with Gasteiger partial charge in [-0.05, 0) is 83.5 Å². The van der Waals surface area contributed by atoms with Crippen molar-refractivity contribution in [1.82, 2.24) is 30.2 Å². The van der Waals surface area contributed by atoms with Crippen molar-refractivity contribution in [1.29, 1.82) is 0 Å². The first-order valence-electron chi connectivity index (χ1n) is 14.9. The number of aryl methyl sites for hydroxylation is 1. The predicted molar refractivity (Wildman–Crippen MR) is 170 cm³/mol. The highest BCUT2D eigenvalue weighted by molar-refractivity contribution is 6.10. The zero-order valence-corrected chi connectivity index (χ0v) is 27.1. The van der Waals surface area contributed by atoms with Crippen molar-refractivity contribution >= 4 is 40.4 Å². The normalized spacial score (nSPS) is 15.4. The maximum atomic E-state index is 13.8. The van der Waals surface area contributed by atoms with Crippen LogP contribution in [-0.2, 0) is 18.0 Å². The molecule has 1 aliphatic rings. The molecule has 12 nitrogen and oxygen atoms in total. The molecule has 0 saturated carbocycles. The van der Waals surface area contributed by atoms with Gasteiger partial charge in [-0.1, -0.05) is 6.07 Å². The van der Waals surface area contributed by atoms with Crippen molar-refractivity contribution in [2.45, 2.75) is 64.9 Å². The first kappa shape index (κ1) is 33.3. The number of hydrogen-bond donors (Lipinski definition) is 3. The minimum Gasteiger partial charge on any atom is -0.444 e. The Kier molecular flexibility index (Phi) is 8.45. The van der Waals surface area contributed by atoms with E-state index >= 15 is 0 Å². The molecule has 1 aliphatic heterocycles. The highest BCUT2D eigenvalue weighted by Gasteiger charge is 2.35. The van der Waals surface area contributed by atoms with E-state index < -0.39 is 35.0 Å². The lowest BCUT2D eigenvalue weighted by atomic mass is 10.0. The molecule has 0 unspecified atom stereocenters. The van der Waals surface area contributed by atoms with Crippen LogP contribution in [0.15, 0.2) is 48.7 Å². The fourth-order valence-electron chi connectivity index (χ4n) is 5.34. The molecular formula is C32H37F3N8O4. The largest absolute Gasteiger partial charge is 0.444 e. The number of carbonyl (C=O) groups is 3. The van der Waals surface area contributed by atoms with Crippen LogP contribution in [0.5, 0.6) is 0 Å². The summed E-state index contributed by atoms with van der Waals surface area (Å²) in [5.74, 6) is -0.0825. The van der Waals surface area contributed by atoms with Crippen LogP contribution in [0.2, 0.25) is 0 Å². The van der Waals surface area contributed by atoms with Crippen LogP contribution < -0.4 is 20.9 Å². The molecule has 3 heterocycles. The molecule has 4 amide bonds. The maximum Gasteiger partial charge on any atom is 0.416 e. The molecular weight excluding hydrogens is 617 g/mol. The molecule has 0 aliphatic carbocycles. The molecule has 4 aromatic rings.